The number of nitrogens with zero attached hydrogens (tertiary/aromatic N) is 3. The van der Waals surface area contributed by atoms with Gasteiger partial charge in [-0.3, -0.25) is 9.69 Å². The molecule has 140 valence electrons. The van der Waals surface area contributed by atoms with Crippen molar-refractivity contribution in [3.8, 4) is 0 Å². The van der Waals surface area contributed by atoms with E-state index in [1.807, 2.05) is 54.1 Å². The highest BCUT2D eigenvalue weighted by Crippen LogP contribution is 2.34. The van der Waals surface area contributed by atoms with Crippen molar-refractivity contribution in [2.75, 3.05) is 7.05 Å². The predicted molar refractivity (Wildman–Crippen MR) is 110 cm³/mol. The molecule has 2 atom stereocenters. The molecule has 0 unspecified atom stereocenters. The van der Waals surface area contributed by atoms with E-state index in [2.05, 4.69) is 15.3 Å². The predicted octanol–water partition coefficient (Wildman–Crippen LogP) is 2.71. The highest BCUT2D eigenvalue weighted by Gasteiger charge is 2.34. The van der Waals surface area contributed by atoms with Gasteiger partial charge in [-0.15, -0.1) is 11.3 Å². The first kappa shape index (κ1) is 17.1. The third-order valence-corrected chi connectivity index (χ3v) is 5.99. The number of hydrogen-bond acceptors (Lipinski definition) is 5. The zero-order chi connectivity index (χ0) is 19.3. The average Bonchev–Trinajstić information content (AvgIpc) is 3.35. The Hall–Kier alpha value is -3.03. The number of thiazole rings is 1. The number of hydrogen-bond donors (Lipinski definition) is 2. The van der Waals surface area contributed by atoms with Gasteiger partial charge in [-0.25, -0.2) is 9.98 Å². The highest BCUT2D eigenvalue weighted by molar-refractivity contribution is 7.16. The lowest BCUT2D eigenvalue weighted by atomic mass is 10.1. The number of benzene rings is 2. The second kappa shape index (κ2) is 6.54. The van der Waals surface area contributed by atoms with E-state index in [1.165, 1.54) is 4.90 Å². The van der Waals surface area contributed by atoms with Crippen LogP contribution in [0.15, 0.2) is 58.7 Å². The molecule has 1 amide bonds. The van der Waals surface area contributed by atoms with Crippen LogP contribution in [0.3, 0.4) is 0 Å². The number of amides is 1. The zero-order valence-corrected chi connectivity index (χ0v) is 16.0. The molecule has 2 aromatic carbocycles. The van der Waals surface area contributed by atoms with Gasteiger partial charge in [0, 0.05) is 13.5 Å². The maximum atomic E-state index is 12.7. The molecule has 3 aromatic rings. The van der Waals surface area contributed by atoms with Gasteiger partial charge in [-0.1, -0.05) is 30.3 Å². The summed E-state index contributed by atoms with van der Waals surface area (Å²) >= 11 is 1.57. The molecule has 2 aliphatic rings. The summed E-state index contributed by atoms with van der Waals surface area (Å²) in [4.78, 5) is 23.1. The van der Waals surface area contributed by atoms with Gasteiger partial charge in [0.2, 0.25) is 5.96 Å². The standard InChI is InChI=1S/C21H18N4O2S/c1-25-20(27)16(8-12-6-7-15-18(9-12)28-11-22-15)23-21(25)24-19-14-5-3-2-4-13(14)10-17(19)26/h2-9,11,17,19,26H,10H2,1H3,(H,23,24)/b16-8-/t17-,19-/m0/s1. The van der Waals surface area contributed by atoms with Crippen LogP contribution in [0.5, 0.6) is 0 Å². The Bertz CT molecular complexity index is 1150. The topological polar surface area (TPSA) is 77.8 Å². The van der Waals surface area contributed by atoms with Crippen molar-refractivity contribution in [2.24, 2.45) is 4.99 Å². The molecule has 2 N–H and O–H groups in total. The van der Waals surface area contributed by atoms with Gasteiger partial charge >= 0.3 is 0 Å². The number of aliphatic hydroxyl groups excluding tert-OH is 1. The van der Waals surface area contributed by atoms with E-state index >= 15 is 0 Å². The molecule has 1 aromatic heterocycles. The summed E-state index contributed by atoms with van der Waals surface area (Å²) < 4.78 is 1.08. The molecule has 5 rings (SSSR count). The van der Waals surface area contributed by atoms with Crippen molar-refractivity contribution in [1.29, 1.82) is 0 Å². The number of aliphatic hydroxyl groups is 1. The fourth-order valence-corrected chi connectivity index (χ4v) is 4.45. The van der Waals surface area contributed by atoms with Crippen molar-refractivity contribution in [2.45, 2.75) is 18.6 Å². The maximum absolute atomic E-state index is 12.7. The molecule has 0 spiro atoms. The lowest BCUT2D eigenvalue weighted by Crippen LogP contribution is -2.30. The van der Waals surface area contributed by atoms with Gasteiger partial charge < -0.3 is 10.4 Å². The number of nitrogens with one attached hydrogen (secondary N) is 1. The number of carbonyl (C=O) groups is 1. The van der Waals surface area contributed by atoms with Crippen LogP contribution in [-0.4, -0.2) is 40.0 Å². The number of aliphatic imine (C=N–C) groups is 1. The minimum Gasteiger partial charge on any atom is -0.390 e. The molecule has 0 saturated carbocycles. The monoisotopic (exact) mass is 390 g/mol. The minimum atomic E-state index is -0.586. The molecular weight excluding hydrogens is 372 g/mol. The van der Waals surface area contributed by atoms with Gasteiger partial charge in [-0.2, -0.15) is 0 Å². The first-order valence-corrected chi connectivity index (χ1v) is 9.92. The molecule has 1 saturated heterocycles. The van der Waals surface area contributed by atoms with Crippen molar-refractivity contribution in [3.63, 3.8) is 0 Å². The summed E-state index contributed by atoms with van der Waals surface area (Å²) in [6.45, 7) is 0. The summed E-state index contributed by atoms with van der Waals surface area (Å²) in [5.74, 6) is 0.305. The second-order valence-corrected chi connectivity index (χ2v) is 7.88. The first-order valence-electron chi connectivity index (χ1n) is 9.04. The SMILES string of the molecule is CN1C(=O)/C(=C/c2ccc3ncsc3c2)NC1=N[C@H]1c2ccccc2C[C@@H]1O. The van der Waals surface area contributed by atoms with Gasteiger partial charge in [0.15, 0.2) is 0 Å². The van der Waals surface area contributed by atoms with E-state index in [9.17, 15) is 9.90 Å². The van der Waals surface area contributed by atoms with E-state index in [-0.39, 0.29) is 11.9 Å². The fraction of sp³-hybridized carbons (Fsp3) is 0.190. The van der Waals surface area contributed by atoms with Gasteiger partial charge in [-0.05, 0) is 34.9 Å². The molecule has 0 radical (unpaired) electrons. The summed E-state index contributed by atoms with van der Waals surface area (Å²) in [7, 11) is 1.69. The average molecular weight is 390 g/mol. The molecule has 2 heterocycles. The largest absolute Gasteiger partial charge is 0.390 e. The van der Waals surface area contributed by atoms with E-state index in [0.29, 0.717) is 18.1 Å². The molecule has 1 aliphatic heterocycles. The molecule has 7 heteroatoms. The quantitative estimate of drug-likeness (QED) is 0.660. The Balaban J connectivity index is 1.46. The zero-order valence-electron chi connectivity index (χ0n) is 15.2. The molecule has 1 fully saturated rings. The number of guanidine groups is 1. The summed E-state index contributed by atoms with van der Waals surface area (Å²) in [5.41, 5.74) is 6.26. The van der Waals surface area contributed by atoms with Gasteiger partial charge in [0.25, 0.3) is 5.91 Å². The van der Waals surface area contributed by atoms with E-state index in [4.69, 9.17) is 0 Å². The Morgan fingerprint density at radius 1 is 1.32 bits per heavy atom. The smallest absolute Gasteiger partial charge is 0.276 e. The van der Waals surface area contributed by atoms with Crippen molar-refractivity contribution in [3.05, 3.63) is 70.4 Å². The third-order valence-electron chi connectivity index (χ3n) is 5.19. The van der Waals surface area contributed by atoms with Crippen LogP contribution >= 0.6 is 11.3 Å². The number of aromatic nitrogens is 1. The Morgan fingerprint density at radius 3 is 3.07 bits per heavy atom. The first-order chi connectivity index (χ1) is 13.6. The number of rotatable bonds is 2. The van der Waals surface area contributed by atoms with Crippen LogP contribution in [0.2, 0.25) is 0 Å². The normalized spacial score (nSPS) is 24.4. The van der Waals surface area contributed by atoms with Crippen LogP contribution in [0.4, 0.5) is 0 Å². The van der Waals surface area contributed by atoms with Crippen molar-refractivity contribution >= 4 is 39.5 Å². The highest BCUT2D eigenvalue weighted by atomic mass is 32.1. The van der Waals surface area contributed by atoms with Gasteiger partial charge in [0.05, 0.1) is 21.8 Å². The lowest BCUT2D eigenvalue weighted by Gasteiger charge is -2.14. The van der Waals surface area contributed by atoms with E-state index in [0.717, 1.165) is 26.9 Å². The minimum absolute atomic E-state index is 0.149. The van der Waals surface area contributed by atoms with Crippen LogP contribution in [0.25, 0.3) is 16.3 Å². The van der Waals surface area contributed by atoms with Crippen molar-refractivity contribution < 1.29 is 9.90 Å². The Morgan fingerprint density at radius 2 is 2.18 bits per heavy atom. The second-order valence-electron chi connectivity index (χ2n) is 6.99. The van der Waals surface area contributed by atoms with E-state index in [1.54, 1.807) is 18.4 Å². The number of fused-ring (bicyclic) bond motifs is 2. The summed E-state index contributed by atoms with van der Waals surface area (Å²) in [6.07, 6.45) is 1.81. The molecule has 1 aliphatic carbocycles. The lowest BCUT2D eigenvalue weighted by molar-refractivity contribution is -0.121. The summed E-state index contributed by atoms with van der Waals surface area (Å²) in [5, 5.41) is 13.6. The van der Waals surface area contributed by atoms with Crippen LogP contribution in [0, 0.1) is 0 Å². The third kappa shape index (κ3) is 2.80. The van der Waals surface area contributed by atoms with Crippen LogP contribution in [0.1, 0.15) is 22.7 Å². The van der Waals surface area contributed by atoms with Gasteiger partial charge in [0.1, 0.15) is 11.7 Å². The molecular formula is C21H18N4O2S. The molecule has 6 nitrogen and oxygen atoms in total. The molecule has 0 bridgehead atoms. The van der Waals surface area contributed by atoms with E-state index < -0.39 is 6.10 Å². The molecule has 28 heavy (non-hydrogen) atoms. The van der Waals surface area contributed by atoms with Crippen LogP contribution < -0.4 is 5.32 Å². The number of likely N-dealkylation sites (N-methyl/N-ethyl adjacent to an activating group) is 1. The number of carbonyl (C=O) groups excluding carboxylic acids is 1. The van der Waals surface area contributed by atoms with Crippen LogP contribution in [-0.2, 0) is 11.2 Å². The fourth-order valence-electron chi connectivity index (χ4n) is 3.72. The van der Waals surface area contributed by atoms with Crippen molar-refractivity contribution in [1.82, 2.24) is 15.2 Å². The maximum Gasteiger partial charge on any atom is 0.276 e. The summed E-state index contributed by atoms with van der Waals surface area (Å²) in [6, 6.07) is 13.4. The Kier molecular flexibility index (Phi) is 3.99. The Labute approximate surface area is 165 Å².